The first-order valence-electron chi connectivity index (χ1n) is 6.25. The molecule has 2 N–H and O–H groups in total. The van der Waals surface area contributed by atoms with Crippen molar-refractivity contribution in [2.75, 3.05) is 32.7 Å². The molecule has 0 bridgehead atoms. The van der Waals surface area contributed by atoms with Crippen molar-refractivity contribution in [3.63, 3.8) is 0 Å². The number of piperazine rings is 1. The van der Waals surface area contributed by atoms with E-state index in [2.05, 4.69) is 29.3 Å². The van der Waals surface area contributed by atoms with E-state index in [9.17, 15) is 4.79 Å². The Morgan fingerprint density at radius 1 is 1.10 bits per heavy atom. The summed E-state index contributed by atoms with van der Waals surface area (Å²) in [5.41, 5.74) is 6.55. The second kappa shape index (κ2) is 9.64. The summed E-state index contributed by atoms with van der Waals surface area (Å²) in [4.78, 5) is 15.5. The minimum Gasteiger partial charge on any atom is -0.374 e. The molecule has 20 heavy (non-hydrogen) atoms. The highest BCUT2D eigenvalue weighted by atomic mass is 35.5. The van der Waals surface area contributed by atoms with Crippen LogP contribution < -0.4 is 5.73 Å². The number of hydrogen-bond acceptors (Lipinski definition) is 3. The molecule has 0 aliphatic carbocycles. The maximum Gasteiger partial charge on any atom is 0.236 e. The van der Waals surface area contributed by atoms with Gasteiger partial charge in [-0.15, -0.1) is 24.8 Å². The molecule has 1 amide bonds. The van der Waals surface area contributed by atoms with Crippen LogP contribution >= 0.6 is 24.8 Å². The summed E-state index contributed by atoms with van der Waals surface area (Å²) in [5.74, 6) is 0.0432. The molecule has 6 heteroatoms. The van der Waals surface area contributed by atoms with E-state index in [4.69, 9.17) is 5.73 Å². The van der Waals surface area contributed by atoms with Gasteiger partial charge < -0.3 is 15.5 Å². The van der Waals surface area contributed by atoms with Gasteiger partial charge in [-0.25, -0.2) is 0 Å². The summed E-state index contributed by atoms with van der Waals surface area (Å²) in [7, 11) is 0. The molecule has 2 rings (SSSR count). The Labute approximate surface area is 132 Å². The summed E-state index contributed by atoms with van der Waals surface area (Å²) in [5, 5.41) is 0. The van der Waals surface area contributed by atoms with Crippen LogP contribution in [-0.4, -0.2) is 48.4 Å². The second-order valence-corrected chi connectivity index (χ2v) is 4.35. The fraction of sp³-hybridized carbons (Fsp3) is 0.357. The van der Waals surface area contributed by atoms with Crippen molar-refractivity contribution in [2.45, 2.75) is 0 Å². The van der Waals surface area contributed by atoms with Gasteiger partial charge in [-0.05, 0) is 17.8 Å². The number of nitrogens with two attached hydrogens (primary N) is 1. The molecule has 1 aromatic rings. The molecular formula is C14H21Cl2N3O. The fourth-order valence-electron chi connectivity index (χ4n) is 2.01. The van der Waals surface area contributed by atoms with Crippen LogP contribution in [0.3, 0.4) is 0 Å². The molecule has 0 aromatic heterocycles. The number of halogens is 2. The maximum atomic E-state index is 11.4. The molecule has 0 saturated carbocycles. The highest BCUT2D eigenvalue weighted by Gasteiger charge is 2.17. The van der Waals surface area contributed by atoms with Crippen LogP contribution in [-0.2, 0) is 4.79 Å². The summed E-state index contributed by atoms with van der Waals surface area (Å²) in [6.45, 7) is 3.37. The minimum atomic E-state index is 0. The smallest absolute Gasteiger partial charge is 0.236 e. The number of carbonyl (C=O) groups is 1. The Balaban J connectivity index is 0.00000180. The van der Waals surface area contributed by atoms with Crippen LogP contribution in [0.25, 0.3) is 6.08 Å². The zero-order chi connectivity index (χ0) is 12.8. The van der Waals surface area contributed by atoms with Crippen molar-refractivity contribution in [1.29, 1.82) is 0 Å². The number of amides is 1. The molecule has 1 fully saturated rings. The third-order valence-corrected chi connectivity index (χ3v) is 3.12. The average molecular weight is 318 g/mol. The first kappa shape index (κ1) is 18.8. The van der Waals surface area contributed by atoms with Gasteiger partial charge in [0.15, 0.2) is 0 Å². The predicted molar refractivity (Wildman–Crippen MR) is 87.2 cm³/mol. The first-order valence-corrected chi connectivity index (χ1v) is 6.25. The van der Waals surface area contributed by atoms with E-state index in [-0.39, 0.29) is 37.3 Å². The Hall–Kier alpha value is -1.23. The van der Waals surface area contributed by atoms with Gasteiger partial charge in [-0.1, -0.05) is 30.3 Å². The van der Waals surface area contributed by atoms with Gasteiger partial charge in [0, 0.05) is 26.2 Å². The molecule has 1 aliphatic rings. The topological polar surface area (TPSA) is 49.6 Å². The zero-order valence-electron chi connectivity index (χ0n) is 11.3. The Morgan fingerprint density at radius 2 is 1.70 bits per heavy atom. The van der Waals surface area contributed by atoms with Gasteiger partial charge in [0.25, 0.3) is 0 Å². The van der Waals surface area contributed by atoms with E-state index in [0.717, 1.165) is 26.2 Å². The molecule has 0 radical (unpaired) electrons. The number of carbonyl (C=O) groups excluding carboxylic acids is 1. The molecule has 1 aliphatic heterocycles. The summed E-state index contributed by atoms with van der Waals surface area (Å²) in [6.07, 6.45) is 4.19. The average Bonchev–Trinajstić information content (AvgIpc) is 2.46. The maximum absolute atomic E-state index is 11.4. The van der Waals surface area contributed by atoms with E-state index < -0.39 is 0 Å². The van der Waals surface area contributed by atoms with Gasteiger partial charge in [-0.3, -0.25) is 4.79 Å². The van der Waals surface area contributed by atoms with Crippen LogP contribution in [0.4, 0.5) is 0 Å². The molecule has 1 aromatic carbocycles. The number of rotatable bonds is 3. The fourth-order valence-corrected chi connectivity index (χ4v) is 2.01. The van der Waals surface area contributed by atoms with E-state index in [1.165, 1.54) is 5.56 Å². The van der Waals surface area contributed by atoms with E-state index >= 15 is 0 Å². The van der Waals surface area contributed by atoms with Crippen LogP contribution in [0.1, 0.15) is 5.56 Å². The van der Waals surface area contributed by atoms with E-state index in [1.54, 1.807) is 0 Å². The van der Waals surface area contributed by atoms with Crippen LogP contribution in [0, 0.1) is 0 Å². The molecule has 0 unspecified atom stereocenters. The van der Waals surface area contributed by atoms with Crippen molar-refractivity contribution in [1.82, 2.24) is 9.80 Å². The zero-order valence-corrected chi connectivity index (χ0v) is 12.9. The summed E-state index contributed by atoms with van der Waals surface area (Å²) >= 11 is 0. The molecule has 1 heterocycles. The van der Waals surface area contributed by atoms with E-state index in [0.29, 0.717) is 0 Å². The monoisotopic (exact) mass is 317 g/mol. The van der Waals surface area contributed by atoms with Crippen molar-refractivity contribution >= 4 is 36.8 Å². The van der Waals surface area contributed by atoms with Crippen LogP contribution in [0.15, 0.2) is 36.5 Å². The molecule has 112 valence electrons. The van der Waals surface area contributed by atoms with Crippen molar-refractivity contribution in [3.8, 4) is 0 Å². The number of nitrogens with zero attached hydrogens (tertiary/aromatic N) is 2. The molecule has 4 nitrogen and oxygen atoms in total. The van der Waals surface area contributed by atoms with Crippen LogP contribution in [0.5, 0.6) is 0 Å². The highest BCUT2D eigenvalue weighted by molar-refractivity contribution is 5.85. The van der Waals surface area contributed by atoms with Gasteiger partial charge in [0.05, 0.1) is 6.54 Å². The molecule has 0 spiro atoms. The standard InChI is InChI=1S/C14H19N3O.2ClH/c15-12-14(18)17-10-8-16(9-11-17)7-6-13-4-2-1-3-5-13;;/h1-7H,8-12,15H2;2*1H. The Bertz CT molecular complexity index is 418. The Kier molecular flexibility index (Phi) is 9.05. The van der Waals surface area contributed by atoms with E-state index in [1.807, 2.05) is 23.1 Å². The third-order valence-electron chi connectivity index (χ3n) is 3.12. The number of benzene rings is 1. The highest BCUT2D eigenvalue weighted by Crippen LogP contribution is 2.06. The SMILES string of the molecule is Cl.Cl.NCC(=O)N1CCN(C=Cc2ccccc2)CC1. The van der Waals surface area contributed by atoms with Gasteiger partial charge in [0.1, 0.15) is 0 Å². The third kappa shape index (κ3) is 5.41. The van der Waals surface area contributed by atoms with Crippen molar-refractivity contribution in [3.05, 3.63) is 42.1 Å². The minimum absolute atomic E-state index is 0. The summed E-state index contributed by atoms with van der Waals surface area (Å²) in [6, 6.07) is 10.2. The van der Waals surface area contributed by atoms with Gasteiger partial charge in [0.2, 0.25) is 5.91 Å². The normalized spacial score (nSPS) is 14.7. The second-order valence-electron chi connectivity index (χ2n) is 4.35. The molecule has 1 saturated heterocycles. The van der Waals surface area contributed by atoms with Gasteiger partial charge in [-0.2, -0.15) is 0 Å². The lowest BCUT2D eigenvalue weighted by Crippen LogP contribution is -2.48. The largest absolute Gasteiger partial charge is 0.374 e. The van der Waals surface area contributed by atoms with Crippen LogP contribution in [0.2, 0.25) is 0 Å². The molecule has 0 atom stereocenters. The Morgan fingerprint density at radius 3 is 2.25 bits per heavy atom. The predicted octanol–water partition coefficient (Wildman–Crippen LogP) is 1.60. The number of hydrogen-bond donors (Lipinski definition) is 1. The van der Waals surface area contributed by atoms with Crippen molar-refractivity contribution in [2.24, 2.45) is 5.73 Å². The lowest BCUT2D eigenvalue weighted by molar-refractivity contribution is -0.131. The summed E-state index contributed by atoms with van der Waals surface area (Å²) < 4.78 is 0. The lowest BCUT2D eigenvalue weighted by atomic mass is 10.2. The quantitative estimate of drug-likeness (QED) is 0.921. The van der Waals surface area contributed by atoms with Gasteiger partial charge >= 0.3 is 0 Å². The lowest BCUT2D eigenvalue weighted by Gasteiger charge is -2.33. The molecular weight excluding hydrogens is 297 g/mol. The first-order chi connectivity index (χ1) is 8.79. The van der Waals surface area contributed by atoms with Crippen molar-refractivity contribution < 1.29 is 4.79 Å².